The number of benzene rings is 2. The lowest BCUT2D eigenvalue weighted by Crippen LogP contribution is -2.47. The monoisotopic (exact) mass is 719 g/mol. The van der Waals surface area contributed by atoms with Crippen molar-refractivity contribution in [2.75, 3.05) is 7.05 Å². The van der Waals surface area contributed by atoms with Gasteiger partial charge in [-0.05, 0) is 42.7 Å². The molecule has 3 unspecified atom stereocenters. The van der Waals surface area contributed by atoms with E-state index in [0.29, 0.717) is 25.7 Å². The first-order chi connectivity index (χ1) is 24.0. The highest BCUT2D eigenvalue weighted by Crippen LogP contribution is 2.23. The van der Waals surface area contributed by atoms with Gasteiger partial charge in [-0.25, -0.2) is 14.6 Å². The van der Waals surface area contributed by atoms with Crippen LogP contribution in [0.25, 0.3) is 0 Å². The van der Waals surface area contributed by atoms with E-state index in [1.165, 1.54) is 27.6 Å². The summed E-state index contributed by atoms with van der Waals surface area (Å²) in [6.07, 6.45) is 2.86. The Bertz CT molecular complexity index is 1650. The fourth-order valence-electron chi connectivity index (χ4n) is 5.52. The Hall–Kier alpha value is -4.62. The number of carbonyl (C=O) groups excluding carboxylic acids is 3. The first-order valence-corrected chi connectivity index (χ1v) is 18.4. The molecule has 266 valence electrons. The first kappa shape index (κ1) is 38.2. The van der Waals surface area contributed by atoms with E-state index in [2.05, 4.69) is 20.6 Å². The summed E-state index contributed by atoms with van der Waals surface area (Å²) in [6.45, 7) is 4.44. The number of thiazole rings is 2. The molecule has 2 aromatic heterocycles. The number of ketones is 1. The third-order valence-corrected chi connectivity index (χ3v) is 10.1. The second-order valence-corrected chi connectivity index (χ2v) is 14.5. The van der Waals surface area contributed by atoms with Crippen LogP contribution in [0, 0.1) is 5.92 Å². The molecule has 0 aliphatic heterocycles. The molecule has 0 saturated heterocycles. The molecular formula is C37H45N5O6S2. The van der Waals surface area contributed by atoms with Crippen molar-refractivity contribution in [2.24, 2.45) is 5.92 Å². The van der Waals surface area contributed by atoms with Gasteiger partial charge in [-0.2, -0.15) is 0 Å². The Labute approximate surface area is 301 Å². The molecular weight excluding hydrogens is 675 g/mol. The van der Waals surface area contributed by atoms with Crippen molar-refractivity contribution in [1.29, 1.82) is 0 Å². The van der Waals surface area contributed by atoms with Crippen LogP contribution < -0.4 is 10.6 Å². The molecule has 11 nitrogen and oxygen atoms in total. The highest BCUT2D eigenvalue weighted by molar-refractivity contribution is 7.09. The second kappa shape index (κ2) is 19.5. The van der Waals surface area contributed by atoms with Gasteiger partial charge in [0.1, 0.15) is 6.61 Å². The molecule has 0 saturated carbocycles. The number of hydrogen-bond donors (Lipinski definition) is 3. The summed E-state index contributed by atoms with van der Waals surface area (Å²) in [6, 6.07) is 17.5. The molecule has 4 aromatic rings. The lowest BCUT2D eigenvalue weighted by atomic mass is 9.86. The minimum Gasteiger partial charge on any atom is -0.481 e. The van der Waals surface area contributed by atoms with E-state index in [1.807, 2.05) is 79.9 Å². The van der Waals surface area contributed by atoms with E-state index in [-0.39, 0.29) is 43.2 Å². The number of rotatable bonds is 19. The molecule has 2 heterocycles. The average Bonchev–Trinajstić information content (AvgIpc) is 3.79. The number of ether oxygens (including phenoxy) is 1. The highest BCUT2D eigenvalue weighted by Gasteiger charge is 2.28. The van der Waals surface area contributed by atoms with Crippen molar-refractivity contribution in [3.05, 3.63) is 104 Å². The molecule has 3 atom stereocenters. The number of carboxylic acid groups (broad SMARTS) is 1. The Morgan fingerprint density at radius 1 is 0.900 bits per heavy atom. The number of alkyl carbamates (subject to hydrolysis) is 1. The van der Waals surface area contributed by atoms with Gasteiger partial charge in [-0.3, -0.25) is 14.6 Å². The lowest BCUT2D eigenvalue weighted by molar-refractivity contribution is -0.139. The SMILES string of the molecule is CC(C)c1nc(CN(C)C(=O)NC(CC(=O)O)C(=O)CC(CCC(Cc2ccccc2)NC(=O)OCc2cncs2)Cc2ccccc2)cs1. The van der Waals surface area contributed by atoms with E-state index in [4.69, 9.17) is 4.74 Å². The summed E-state index contributed by atoms with van der Waals surface area (Å²) in [5, 5.41) is 18.2. The number of aliphatic carboxylic acids is 1. The summed E-state index contributed by atoms with van der Waals surface area (Å²) in [7, 11) is 1.59. The Balaban J connectivity index is 1.44. The van der Waals surface area contributed by atoms with Crippen LogP contribution in [0.15, 0.2) is 77.8 Å². The van der Waals surface area contributed by atoms with Gasteiger partial charge in [-0.1, -0.05) is 74.5 Å². The number of aromatic nitrogens is 2. The van der Waals surface area contributed by atoms with Crippen LogP contribution in [0.1, 0.15) is 72.2 Å². The zero-order chi connectivity index (χ0) is 35.9. The van der Waals surface area contributed by atoms with Crippen LogP contribution in [-0.2, 0) is 40.3 Å². The van der Waals surface area contributed by atoms with Crippen LogP contribution in [0.3, 0.4) is 0 Å². The Morgan fingerprint density at radius 3 is 2.18 bits per heavy atom. The quantitative estimate of drug-likeness (QED) is 0.0953. The van der Waals surface area contributed by atoms with Crippen molar-refractivity contribution >= 4 is 46.6 Å². The maximum Gasteiger partial charge on any atom is 0.407 e. The number of hydrogen-bond acceptors (Lipinski definition) is 9. The van der Waals surface area contributed by atoms with E-state index >= 15 is 0 Å². The molecule has 0 fully saturated rings. The molecule has 3 N–H and O–H groups in total. The fraction of sp³-hybridized carbons (Fsp3) is 0.405. The van der Waals surface area contributed by atoms with Crippen molar-refractivity contribution in [3.63, 3.8) is 0 Å². The number of urea groups is 1. The summed E-state index contributed by atoms with van der Waals surface area (Å²) in [4.78, 5) is 62.5. The van der Waals surface area contributed by atoms with E-state index in [1.54, 1.807) is 18.8 Å². The zero-order valence-corrected chi connectivity index (χ0v) is 30.3. The number of amides is 3. The molecule has 0 radical (unpaired) electrons. The summed E-state index contributed by atoms with van der Waals surface area (Å²) >= 11 is 2.93. The van der Waals surface area contributed by atoms with Gasteiger partial charge >= 0.3 is 18.1 Å². The Morgan fingerprint density at radius 2 is 1.58 bits per heavy atom. The number of carbonyl (C=O) groups is 4. The van der Waals surface area contributed by atoms with Crippen molar-refractivity contribution in [2.45, 2.75) is 83.5 Å². The van der Waals surface area contributed by atoms with Crippen LogP contribution >= 0.6 is 22.7 Å². The molecule has 0 aliphatic rings. The molecule has 3 amide bonds. The largest absolute Gasteiger partial charge is 0.481 e. The number of nitrogens with one attached hydrogen (secondary N) is 2. The maximum atomic E-state index is 13.8. The Kier molecular flexibility index (Phi) is 14.9. The van der Waals surface area contributed by atoms with Crippen molar-refractivity contribution in [3.8, 4) is 0 Å². The molecule has 13 heteroatoms. The zero-order valence-electron chi connectivity index (χ0n) is 28.6. The smallest absolute Gasteiger partial charge is 0.407 e. The lowest BCUT2D eigenvalue weighted by Gasteiger charge is -2.25. The van der Waals surface area contributed by atoms with Crippen LogP contribution in [0.5, 0.6) is 0 Å². The summed E-state index contributed by atoms with van der Waals surface area (Å²) in [5.41, 5.74) is 4.48. The van der Waals surface area contributed by atoms with E-state index < -0.39 is 30.6 Å². The predicted molar refractivity (Wildman–Crippen MR) is 194 cm³/mol. The predicted octanol–water partition coefficient (Wildman–Crippen LogP) is 6.84. The average molecular weight is 720 g/mol. The minimum absolute atomic E-state index is 0.0501. The standard InChI is InChI=1S/C37H45N5O6S2/c1-25(2)35-39-30(23-49-35)21-42(3)36(46)41-32(19-34(44)45)33(43)18-28(16-26-10-6-4-7-11-26)14-15-29(17-27-12-8-5-9-13-27)40-37(47)48-22-31-20-38-24-50-31/h4-13,20,23-25,28-29,32H,14-19,21-22H2,1-3H3,(H,40,47)(H,41,46)(H,44,45). The molecule has 50 heavy (non-hydrogen) atoms. The fourth-order valence-corrected chi connectivity index (χ4v) is 6.86. The van der Waals surface area contributed by atoms with Gasteiger partial charge in [0, 0.05) is 37.0 Å². The molecule has 0 aliphatic carbocycles. The topological polar surface area (TPSA) is 151 Å². The van der Waals surface area contributed by atoms with Gasteiger partial charge in [0.15, 0.2) is 5.78 Å². The number of carboxylic acids is 1. The van der Waals surface area contributed by atoms with Gasteiger partial charge < -0.3 is 25.4 Å². The normalized spacial score (nSPS) is 12.9. The summed E-state index contributed by atoms with van der Waals surface area (Å²) < 4.78 is 5.46. The van der Waals surface area contributed by atoms with Gasteiger partial charge in [0.25, 0.3) is 0 Å². The first-order valence-electron chi connectivity index (χ1n) is 16.6. The number of Topliss-reactive ketones (excluding diaryl/α,β-unsaturated/α-hetero) is 1. The molecule has 0 bridgehead atoms. The molecule has 2 aromatic carbocycles. The van der Waals surface area contributed by atoms with Crippen LogP contribution in [0.4, 0.5) is 9.59 Å². The minimum atomic E-state index is -1.21. The highest BCUT2D eigenvalue weighted by atomic mass is 32.1. The number of nitrogens with zero attached hydrogens (tertiary/aromatic N) is 3. The van der Waals surface area contributed by atoms with E-state index in [0.717, 1.165) is 26.7 Å². The third-order valence-electron chi connectivity index (χ3n) is 8.13. The maximum absolute atomic E-state index is 13.8. The summed E-state index contributed by atoms with van der Waals surface area (Å²) in [5.74, 6) is -1.46. The van der Waals surface area contributed by atoms with Gasteiger partial charge in [-0.15, -0.1) is 22.7 Å². The third kappa shape index (κ3) is 13.0. The molecule has 4 rings (SSSR count). The van der Waals surface area contributed by atoms with E-state index in [9.17, 15) is 24.3 Å². The van der Waals surface area contributed by atoms with Crippen LogP contribution in [-0.4, -0.2) is 63.0 Å². The van der Waals surface area contributed by atoms with Gasteiger partial charge in [0.2, 0.25) is 0 Å². The van der Waals surface area contributed by atoms with Crippen molar-refractivity contribution < 1.29 is 29.0 Å². The van der Waals surface area contributed by atoms with Gasteiger partial charge in [0.05, 0.1) is 40.1 Å². The van der Waals surface area contributed by atoms with Crippen molar-refractivity contribution in [1.82, 2.24) is 25.5 Å². The molecule has 0 spiro atoms. The van der Waals surface area contributed by atoms with Crippen LogP contribution in [0.2, 0.25) is 0 Å². The second-order valence-electron chi connectivity index (χ2n) is 12.7.